The van der Waals surface area contributed by atoms with Crippen LogP contribution < -0.4 is 4.72 Å². The van der Waals surface area contributed by atoms with Gasteiger partial charge < -0.3 is 4.74 Å². The van der Waals surface area contributed by atoms with Gasteiger partial charge in [-0.15, -0.1) is 0 Å². The van der Waals surface area contributed by atoms with Gasteiger partial charge in [0.15, 0.2) is 0 Å². The Morgan fingerprint density at radius 1 is 1.29 bits per heavy atom. The van der Waals surface area contributed by atoms with Crippen molar-refractivity contribution in [1.29, 1.82) is 0 Å². The Morgan fingerprint density at radius 3 is 2.54 bits per heavy atom. The summed E-state index contributed by atoms with van der Waals surface area (Å²) in [6.07, 6.45) is 0.771. The summed E-state index contributed by atoms with van der Waals surface area (Å²) >= 11 is 0. The molecule has 1 amide bonds. The Morgan fingerprint density at radius 2 is 1.96 bits per heavy atom. The van der Waals surface area contributed by atoms with E-state index in [9.17, 15) is 18.0 Å². The highest BCUT2D eigenvalue weighted by atomic mass is 32.2. The van der Waals surface area contributed by atoms with E-state index in [4.69, 9.17) is 4.74 Å². The largest absolute Gasteiger partial charge is 0.442 e. The van der Waals surface area contributed by atoms with Crippen molar-refractivity contribution >= 4 is 32.9 Å². The average molecular weight is 353 g/mol. The van der Waals surface area contributed by atoms with Gasteiger partial charge in [-0.05, 0) is 45.9 Å². The topological polar surface area (TPSA) is 107 Å². The number of hydrogen-bond acceptors (Lipinski definition) is 6. The predicted molar refractivity (Wildman–Crippen MR) is 88.3 cm³/mol. The monoisotopic (exact) mass is 353 g/mol. The van der Waals surface area contributed by atoms with Crippen LogP contribution in [0.2, 0.25) is 0 Å². The lowest BCUT2D eigenvalue weighted by Gasteiger charge is -2.19. The van der Waals surface area contributed by atoms with Gasteiger partial charge >= 0.3 is 6.09 Å². The van der Waals surface area contributed by atoms with Crippen molar-refractivity contribution in [2.45, 2.75) is 33.3 Å². The molecule has 0 bridgehead atoms. The van der Waals surface area contributed by atoms with E-state index in [1.165, 1.54) is 31.3 Å². The molecule has 2 aromatic rings. The lowest BCUT2D eigenvalue weighted by atomic mass is 10.1. The van der Waals surface area contributed by atoms with E-state index in [0.717, 1.165) is 4.68 Å². The van der Waals surface area contributed by atoms with Crippen LogP contribution in [0.3, 0.4) is 0 Å². The first-order valence-electron chi connectivity index (χ1n) is 7.28. The van der Waals surface area contributed by atoms with Crippen molar-refractivity contribution in [2.24, 2.45) is 0 Å². The zero-order chi connectivity index (χ0) is 18.1. The highest BCUT2D eigenvalue weighted by Crippen LogP contribution is 2.18. The van der Waals surface area contributed by atoms with Crippen molar-refractivity contribution < 1.29 is 22.7 Å². The summed E-state index contributed by atoms with van der Waals surface area (Å²) in [6.45, 7) is 6.66. The Hall–Kier alpha value is -2.42. The van der Waals surface area contributed by atoms with Gasteiger partial charge in [-0.3, -0.25) is 4.79 Å². The number of carbonyl (C=O) groups is 2. The predicted octanol–water partition coefficient (Wildman–Crippen LogP) is 1.90. The summed E-state index contributed by atoms with van der Waals surface area (Å²) in [4.78, 5) is 24.1. The minimum atomic E-state index is -3.64. The fourth-order valence-corrected chi connectivity index (χ4v) is 2.44. The fraction of sp³-hybridized carbons (Fsp3) is 0.400. The third-order valence-corrected chi connectivity index (χ3v) is 4.28. The molecular weight excluding hydrogens is 334 g/mol. The molecule has 0 saturated carbocycles. The molecule has 9 heteroatoms. The number of amides is 1. The quantitative estimate of drug-likeness (QED) is 0.903. The SMILES string of the molecule is CCS(=O)(=O)NC(=O)c1ccc2c(cnn2C(=O)OC(C)(C)C)c1. The summed E-state index contributed by atoms with van der Waals surface area (Å²) in [7, 11) is -3.64. The first-order chi connectivity index (χ1) is 11.0. The Kier molecular flexibility index (Phi) is 4.66. The van der Waals surface area contributed by atoms with E-state index in [1.807, 2.05) is 4.72 Å². The van der Waals surface area contributed by atoms with E-state index < -0.39 is 27.6 Å². The zero-order valence-electron chi connectivity index (χ0n) is 13.9. The molecule has 1 heterocycles. The van der Waals surface area contributed by atoms with E-state index >= 15 is 0 Å². The Bertz CT molecular complexity index is 893. The van der Waals surface area contributed by atoms with Crippen LogP contribution in [0.4, 0.5) is 4.79 Å². The number of aromatic nitrogens is 2. The molecular formula is C15H19N3O5S. The van der Waals surface area contributed by atoms with Gasteiger partial charge in [0.05, 0.1) is 17.5 Å². The number of nitrogens with one attached hydrogen (secondary N) is 1. The van der Waals surface area contributed by atoms with Crippen LogP contribution in [-0.2, 0) is 14.8 Å². The molecule has 0 aliphatic carbocycles. The molecule has 24 heavy (non-hydrogen) atoms. The lowest BCUT2D eigenvalue weighted by molar-refractivity contribution is 0.0522. The van der Waals surface area contributed by atoms with Gasteiger partial charge in [0.25, 0.3) is 5.91 Å². The van der Waals surface area contributed by atoms with E-state index in [2.05, 4.69) is 5.10 Å². The molecule has 0 saturated heterocycles. The second-order valence-electron chi connectivity index (χ2n) is 6.14. The minimum absolute atomic E-state index is 0.156. The molecule has 8 nitrogen and oxygen atoms in total. The third kappa shape index (κ3) is 4.10. The van der Waals surface area contributed by atoms with Crippen molar-refractivity contribution in [1.82, 2.24) is 14.5 Å². The number of benzene rings is 1. The summed E-state index contributed by atoms with van der Waals surface area (Å²) in [5, 5.41) is 4.48. The molecule has 1 aromatic heterocycles. The second kappa shape index (κ2) is 6.23. The van der Waals surface area contributed by atoms with Crippen LogP contribution in [0.1, 0.15) is 38.1 Å². The van der Waals surface area contributed by atoms with Crippen molar-refractivity contribution in [3.8, 4) is 0 Å². The van der Waals surface area contributed by atoms with Crippen LogP contribution >= 0.6 is 0 Å². The van der Waals surface area contributed by atoms with Crippen molar-refractivity contribution in [2.75, 3.05) is 5.75 Å². The standard InChI is InChI=1S/C15H19N3O5S/c1-5-24(21,22)17-13(19)10-6-7-12-11(8-10)9-16-18(12)14(20)23-15(2,3)4/h6-9H,5H2,1-4H3,(H,17,19). The number of fused-ring (bicyclic) bond motifs is 1. The summed E-state index contributed by atoms with van der Waals surface area (Å²) < 4.78 is 31.2. The number of hydrogen-bond donors (Lipinski definition) is 1. The van der Waals surface area contributed by atoms with Crippen molar-refractivity contribution in [3.63, 3.8) is 0 Å². The maximum atomic E-state index is 12.1. The first kappa shape index (κ1) is 17.9. The van der Waals surface area contributed by atoms with Gasteiger partial charge in [0, 0.05) is 10.9 Å². The zero-order valence-corrected chi connectivity index (χ0v) is 14.7. The molecule has 130 valence electrons. The molecule has 0 fully saturated rings. The highest BCUT2D eigenvalue weighted by molar-refractivity contribution is 7.90. The average Bonchev–Trinajstić information content (AvgIpc) is 2.88. The molecule has 0 unspecified atom stereocenters. The third-order valence-electron chi connectivity index (χ3n) is 3.02. The molecule has 0 spiro atoms. The summed E-state index contributed by atoms with van der Waals surface area (Å²) in [5.41, 5.74) is -0.0497. The summed E-state index contributed by atoms with van der Waals surface area (Å²) in [6, 6.07) is 4.40. The number of rotatable bonds is 3. The number of sulfonamides is 1. The highest BCUT2D eigenvalue weighted by Gasteiger charge is 2.21. The molecule has 1 N–H and O–H groups in total. The van der Waals surface area contributed by atoms with E-state index in [0.29, 0.717) is 10.9 Å². The summed E-state index contributed by atoms with van der Waals surface area (Å²) in [5.74, 6) is -0.929. The number of nitrogens with zero attached hydrogens (tertiary/aromatic N) is 2. The van der Waals surface area contributed by atoms with Crippen molar-refractivity contribution in [3.05, 3.63) is 30.0 Å². The van der Waals surface area contributed by atoms with Gasteiger partial charge in [0.1, 0.15) is 5.60 Å². The van der Waals surface area contributed by atoms with Crippen LogP contribution in [-0.4, -0.2) is 41.6 Å². The molecule has 2 rings (SSSR count). The molecule has 1 aromatic carbocycles. The smallest absolute Gasteiger partial charge is 0.435 e. The van der Waals surface area contributed by atoms with Crippen LogP contribution in [0.15, 0.2) is 24.4 Å². The molecule has 0 aliphatic rings. The molecule has 0 aliphatic heterocycles. The van der Waals surface area contributed by atoms with Gasteiger partial charge in [-0.2, -0.15) is 9.78 Å². The van der Waals surface area contributed by atoms with Gasteiger partial charge in [-0.1, -0.05) is 0 Å². The number of ether oxygens (including phenoxy) is 1. The molecule has 0 radical (unpaired) electrons. The van der Waals surface area contributed by atoms with E-state index in [1.54, 1.807) is 20.8 Å². The molecule has 0 atom stereocenters. The fourth-order valence-electron chi connectivity index (χ4n) is 1.90. The number of carbonyl (C=O) groups excluding carboxylic acids is 2. The van der Waals surface area contributed by atoms with Crippen LogP contribution in [0.25, 0.3) is 10.9 Å². The van der Waals surface area contributed by atoms with Gasteiger partial charge in [0.2, 0.25) is 10.0 Å². The minimum Gasteiger partial charge on any atom is -0.442 e. The van der Waals surface area contributed by atoms with Crippen LogP contribution in [0, 0.1) is 0 Å². The van der Waals surface area contributed by atoms with Crippen LogP contribution in [0.5, 0.6) is 0 Å². The Balaban J connectivity index is 2.31. The van der Waals surface area contributed by atoms with E-state index in [-0.39, 0.29) is 11.3 Å². The Labute approximate surface area is 139 Å². The second-order valence-corrected chi connectivity index (χ2v) is 8.16. The maximum absolute atomic E-state index is 12.1. The maximum Gasteiger partial charge on any atom is 0.435 e. The lowest BCUT2D eigenvalue weighted by Crippen LogP contribution is -2.31. The normalized spacial score (nSPS) is 12.2. The first-order valence-corrected chi connectivity index (χ1v) is 8.93. The van der Waals surface area contributed by atoms with Gasteiger partial charge in [-0.25, -0.2) is 17.9 Å².